The predicted molar refractivity (Wildman–Crippen MR) is 69.8 cm³/mol. The molecule has 22 heavy (non-hydrogen) atoms. The van der Waals surface area contributed by atoms with E-state index in [4.69, 9.17) is 0 Å². The monoisotopic (exact) mass is 316 g/mol. The molecule has 2 heterocycles. The number of alkyl halides is 3. The molecule has 9 heteroatoms. The summed E-state index contributed by atoms with van der Waals surface area (Å²) in [5.74, 6) is -1.14. The van der Waals surface area contributed by atoms with Crippen molar-refractivity contribution in [1.82, 2.24) is 20.2 Å². The number of halogens is 3. The van der Waals surface area contributed by atoms with E-state index in [1.807, 2.05) is 0 Å². The highest BCUT2D eigenvalue weighted by Crippen LogP contribution is 2.32. The largest absolute Gasteiger partial charge is 0.408 e. The number of carbonyl (C=O) groups excluding carboxylic acids is 2. The van der Waals surface area contributed by atoms with E-state index in [1.165, 1.54) is 18.7 Å². The molecule has 0 aromatic carbocycles. The molecular weight excluding hydrogens is 301 g/mol. The van der Waals surface area contributed by atoms with Gasteiger partial charge in [0.15, 0.2) is 0 Å². The predicted octanol–water partition coefficient (Wildman–Crippen LogP) is 1.15. The second-order valence-electron chi connectivity index (χ2n) is 5.10. The third-order valence-corrected chi connectivity index (χ3v) is 3.52. The number of likely N-dealkylation sites (tertiary alicyclic amines) is 1. The molecule has 1 aliphatic heterocycles. The Balaban J connectivity index is 2.03. The molecule has 1 aromatic rings. The summed E-state index contributed by atoms with van der Waals surface area (Å²) in [6.07, 6.45) is -0.664. The molecule has 0 radical (unpaired) electrons. The van der Waals surface area contributed by atoms with Crippen molar-refractivity contribution < 1.29 is 22.8 Å². The van der Waals surface area contributed by atoms with Crippen LogP contribution in [-0.2, 0) is 4.79 Å². The highest BCUT2D eigenvalue weighted by atomic mass is 19.4. The van der Waals surface area contributed by atoms with Crippen LogP contribution in [0.3, 0.4) is 0 Å². The maximum absolute atomic E-state index is 12.9. The van der Waals surface area contributed by atoms with Crippen LogP contribution in [0.2, 0.25) is 0 Å². The van der Waals surface area contributed by atoms with Gasteiger partial charge in [0.2, 0.25) is 5.91 Å². The average Bonchev–Trinajstić information content (AvgIpc) is 2.47. The lowest BCUT2D eigenvalue weighted by Crippen LogP contribution is -2.57. The summed E-state index contributed by atoms with van der Waals surface area (Å²) in [4.78, 5) is 31.6. The van der Waals surface area contributed by atoms with Crippen LogP contribution in [0.5, 0.6) is 0 Å². The maximum atomic E-state index is 12.9. The number of amides is 2. The van der Waals surface area contributed by atoms with Crippen molar-refractivity contribution in [3.8, 4) is 0 Å². The van der Waals surface area contributed by atoms with Crippen LogP contribution in [0.25, 0.3) is 0 Å². The van der Waals surface area contributed by atoms with Crippen LogP contribution in [0, 0.1) is 0 Å². The molecule has 0 saturated carbocycles. The Morgan fingerprint density at radius 1 is 1.27 bits per heavy atom. The number of aromatic nitrogens is 2. The van der Waals surface area contributed by atoms with Gasteiger partial charge in [-0.2, -0.15) is 13.2 Å². The van der Waals surface area contributed by atoms with E-state index >= 15 is 0 Å². The molecule has 2 amide bonds. The lowest BCUT2D eigenvalue weighted by Gasteiger charge is -2.40. The molecular formula is C13H15F3N4O2. The van der Waals surface area contributed by atoms with Crippen molar-refractivity contribution in [3.05, 3.63) is 24.3 Å². The first-order valence-corrected chi connectivity index (χ1v) is 6.69. The first kappa shape index (κ1) is 16.2. The van der Waals surface area contributed by atoms with Gasteiger partial charge < -0.3 is 10.2 Å². The minimum atomic E-state index is -4.46. The van der Waals surface area contributed by atoms with Crippen LogP contribution in [0.15, 0.2) is 18.7 Å². The number of piperidine rings is 1. The summed E-state index contributed by atoms with van der Waals surface area (Å²) in [7, 11) is 0. The van der Waals surface area contributed by atoms with Crippen LogP contribution >= 0.6 is 0 Å². The Labute approximate surface area is 124 Å². The fourth-order valence-electron chi connectivity index (χ4n) is 2.46. The highest BCUT2D eigenvalue weighted by Gasteiger charge is 2.47. The number of nitrogens with zero attached hydrogens (tertiary/aromatic N) is 3. The topological polar surface area (TPSA) is 75.2 Å². The van der Waals surface area contributed by atoms with Crippen molar-refractivity contribution in [1.29, 1.82) is 0 Å². The third kappa shape index (κ3) is 3.71. The molecule has 0 spiro atoms. The van der Waals surface area contributed by atoms with Crippen molar-refractivity contribution in [2.45, 2.75) is 38.0 Å². The molecule has 1 aromatic heterocycles. The Morgan fingerprint density at radius 2 is 1.91 bits per heavy atom. The molecule has 2 rings (SSSR count). The van der Waals surface area contributed by atoms with E-state index in [9.17, 15) is 22.8 Å². The molecule has 1 N–H and O–H groups in total. The zero-order chi connectivity index (χ0) is 16.3. The van der Waals surface area contributed by atoms with Crippen LogP contribution < -0.4 is 5.32 Å². The van der Waals surface area contributed by atoms with Crippen LogP contribution in [0.4, 0.5) is 13.2 Å². The summed E-state index contributed by atoms with van der Waals surface area (Å²) in [5, 5.41) is 2.61. The van der Waals surface area contributed by atoms with Gasteiger partial charge in [-0.25, -0.2) is 9.97 Å². The fourth-order valence-corrected chi connectivity index (χ4v) is 2.46. The van der Waals surface area contributed by atoms with Crippen molar-refractivity contribution >= 4 is 11.8 Å². The first-order chi connectivity index (χ1) is 10.3. The minimum absolute atomic E-state index is 0.146. The zero-order valence-corrected chi connectivity index (χ0v) is 11.8. The lowest BCUT2D eigenvalue weighted by molar-refractivity contribution is -0.196. The van der Waals surface area contributed by atoms with Gasteiger partial charge >= 0.3 is 6.18 Å². The Hall–Kier alpha value is -2.19. The van der Waals surface area contributed by atoms with E-state index in [-0.39, 0.29) is 24.9 Å². The van der Waals surface area contributed by atoms with Crippen LogP contribution in [0.1, 0.15) is 30.1 Å². The number of nitrogens with one attached hydrogen (secondary N) is 1. The quantitative estimate of drug-likeness (QED) is 0.888. The zero-order valence-electron chi connectivity index (χ0n) is 11.8. The summed E-state index contributed by atoms with van der Waals surface area (Å²) < 4.78 is 38.7. The van der Waals surface area contributed by atoms with Gasteiger partial charge in [0.05, 0.1) is 5.56 Å². The van der Waals surface area contributed by atoms with Gasteiger partial charge in [-0.15, -0.1) is 0 Å². The van der Waals surface area contributed by atoms with E-state index in [2.05, 4.69) is 15.3 Å². The molecule has 2 atom stereocenters. The SMILES string of the molecule is CC(=O)N1C[C@H](NC(=O)c2cncnc2)CC[C@H]1C(F)(F)F. The van der Waals surface area contributed by atoms with E-state index in [1.54, 1.807) is 0 Å². The molecule has 1 aliphatic rings. The summed E-state index contributed by atoms with van der Waals surface area (Å²) in [5.41, 5.74) is 0.217. The summed E-state index contributed by atoms with van der Waals surface area (Å²) >= 11 is 0. The van der Waals surface area contributed by atoms with E-state index < -0.39 is 30.1 Å². The van der Waals surface area contributed by atoms with Crippen molar-refractivity contribution in [3.63, 3.8) is 0 Å². The maximum Gasteiger partial charge on any atom is 0.408 e. The molecule has 6 nitrogen and oxygen atoms in total. The van der Waals surface area contributed by atoms with Crippen molar-refractivity contribution in [2.75, 3.05) is 6.54 Å². The summed E-state index contributed by atoms with van der Waals surface area (Å²) in [6.45, 7) is 0.924. The fraction of sp³-hybridized carbons (Fsp3) is 0.538. The normalized spacial score (nSPS) is 22.3. The van der Waals surface area contributed by atoms with Gasteiger partial charge in [0, 0.05) is 31.9 Å². The Kier molecular flexibility index (Phi) is 4.62. The molecule has 1 fully saturated rings. The number of rotatable bonds is 2. The van der Waals surface area contributed by atoms with Crippen molar-refractivity contribution in [2.24, 2.45) is 0 Å². The first-order valence-electron chi connectivity index (χ1n) is 6.69. The number of hydrogen-bond donors (Lipinski definition) is 1. The lowest BCUT2D eigenvalue weighted by atomic mass is 9.97. The minimum Gasteiger partial charge on any atom is -0.347 e. The van der Waals surface area contributed by atoms with Gasteiger partial charge in [0.25, 0.3) is 5.91 Å². The van der Waals surface area contributed by atoms with E-state index in [0.29, 0.717) is 0 Å². The van der Waals surface area contributed by atoms with Gasteiger partial charge in [-0.05, 0) is 12.8 Å². The standard InChI is InChI=1S/C13H15F3N4O2/c1-8(21)20-6-10(2-3-11(20)13(14,15)16)19-12(22)9-4-17-7-18-5-9/h4-5,7,10-11H,2-3,6H2,1H3,(H,19,22)/t10-,11+/m1/s1. The Morgan fingerprint density at radius 3 is 2.45 bits per heavy atom. The summed E-state index contributed by atoms with van der Waals surface area (Å²) in [6, 6.07) is -2.33. The second kappa shape index (κ2) is 6.29. The second-order valence-corrected chi connectivity index (χ2v) is 5.10. The Bertz CT molecular complexity index is 550. The molecule has 0 unspecified atom stereocenters. The average molecular weight is 316 g/mol. The molecule has 1 saturated heterocycles. The molecule has 0 bridgehead atoms. The number of carbonyl (C=O) groups is 2. The smallest absolute Gasteiger partial charge is 0.347 e. The molecule has 120 valence electrons. The number of hydrogen-bond acceptors (Lipinski definition) is 4. The highest BCUT2D eigenvalue weighted by molar-refractivity contribution is 5.93. The van der Waals surface area contributed by atoms with Gasteiger partial charge in [0.1, 0.15) is 12.4 Å². The molecule has 0 aliphatic carbocycles. The van der Waals surface area contributed by atoms with Gasteiger partial charge in [-0.3, -0.25) is 9.59 Å². The van der Waals surface area contributed by atoms with E-state index in [0.717, 1.165) is 11.8 Å². The van der Waals surface area contributed by atoms with Crippen LogP contribution in [-0.4, -0.2) is 51.5 Å². The van der Waals surface area contributed by atoms with Gasteiger partial charge in [-0.1, -0.05) is 0 Å². The third-order valence-electron chi connectivity index (χ3n) is 3.52.